The van der Waals surface area contributed by atoms with E-state index in [1.807, 2.05) is 0 Å². The van der Waals surface area contributed by atoms with Crippen molar-refractivity contribution in [3.05, 3.63) is 35.9 Å². The minimum absolute atomic E-state index is 0.303. The Hall–Kier alpha value is -0.900. The molecule has 0 spiro atoms. The number of likely N-dealkylation sites (tertiary alicyclic amines) is 1. The summed E-state index contributed by atoms with van der Waals surface area (Å²) in [7, 11) is 0. The third-order valence-electron chi connectivity index (χ3n) is 4.76. The summed E-state index contributed by atoms with van der Waals surface area (Å²) in [5, 5.41) is 13.9. The molecule has 0 aliphatic carbocycles. The summed E-state index contributed by atoms with van der Waals surface area (Å²) >= 11 is 0. The number of nitrogens with one attached hydrogen (secondary N) is 1. The van der Waals surface area contributed by atoms with Crippen LogP contribution in [-0.2, 0) is 6.54 Å². The molecule has 3 rings (SSSR count). The average Bonchev–Trinajstić information content (AvgIpc) is 2.40. The number of hydrogen-bond donors (Lipinski definition) is 2. The fraction of sp³-hybridized carbons (Fsp3) is 0.625. The van der Waals surface area contributed by atoms with E-state index < -0.39 is 5.60 Å². The number of benzene rings is 1. The lowest BCUT2D eigenvalue weighted by Gasteiger charge is -2.52. The van der Waals surface area contributed by atoms with Gasteiger partial charge in [-0.2, -0.15) is 0 Å². The van der Waals surface area contributed by atoms with Crippen LogP contribution in [0.5, 0.6) is 0 Å². The van der Waals surface area contributed by atoms with Gasteiger partial charge in [0.1, 0.15) is 5.60 Å². The van der Waals surface area contributed by atoms with Crippen LogP contribution < -0.4 is 5.32 Å². The van der Waals surface area contributed by atoms with Crippen LogP contribution >= 0.6 is 0 Å². The molecule has 104 valence electrons. The molecule has 0 amide bonds. The first-order chi connectivity index (χ1) is 9.19. The molecule has 2 atom stereocenters. The van der Waals surface area contributed by atoms with E-state index in [9.17, 15) is 5.11 Å². The maximum atomic E-state index is 10.7. The zero-order chi connectivity index (χ0) is 13.3. The second kappa shape index (κ2) is 5.23. The first-order valence-electron chi connectivity index (χ1n) is 7.42. The van der Waals surface area contributed by atoms with E-state index in [1.165, 1.54) is 18.4 Å². The molecule has 0 unspecified atom stereocenters. The second-order valence-corrected chi connectivity index (χ2v) is 6.16. The molecule has 19 heavy (non-hydrogen) atoms. The Morgan fingerprint density at radius 1 is 1.26 bits per heavy atom. The van der Waals surface area contributed by atoms with Crippen molar-refractivity contribution >= 4 is 0 Å². The standard InChI is InChI=1S/C16H24N2O/c1-13-6-5-9-15(16(19)11-17-12-16)18(13)10-14-7-3-2-4-8-14/h2-4,7-8,13,15,17,19H,5-6,9-12H2,1H3/t13-,15-/m0/s1. The first-order valence-corrected chi connectivity index (χ1v) is 7.42. The molecule has 0 radical (unpaired) electrons. The Morgan fingerprint density at radius 2 is 2.00 bits per heavy atom. The summed E-state index contributed by atoms with van der Waals surface area (Å²) in [6, 6.07) is 11.5. The molecule has 2 heterocycles. The maximum Gasteiger partial charge on any atom is 0.105 e. The Morgan fingerprint density at radius 3 is 2.63 bits per heavy atom. The molecule has 2 saturated heterocycles. The fourth-order valence-electron chi connectivity index (χ4n) is 3.50. The molecule has 1 aromatic carbocycles. The molecule has 0 saturated carbocycles. The van der Waals surface area contributed by atoms with Crippen LogP contribution in [0.2, 0.25) is 0 Å². The van der Waals surface area contributed by atoms with Gasteiger partial charge in [-0.25, -0.2) is 0 Å². The zero-order valence-electron chi connectivity index (χ0n) is 11.7. The highest BCUT2D eigenvalue weighted by Gasteiger charge is 2.47. The van der Waals surface area contributed by atoms with Crippen LogP contribution in [0.15, 0.2) is 30.3 Å². The fourth-order valence-corrected chi connectivity index (χ4v) is 3.50. The van der Waals surface area contributed by atoms with Gasteiger partial charge in [0.05, 0.1) is 0 Å². The predicted molar refractivity (Wildman–Crippen MR) is 76.9 cm³/mol. The Kier molecular flexibility index (Phi) is 3.61. The van der Waals surface area contributed by atoms with E-state index in [0.717, 1.165) is 26.1 Å². The lowest BCUT2D eigenvalue weighted by atomic mass is 9.80. The van der Waals surface area contributed by atoms with Crippen molar-refractivity contribution in [1.29, 1.82) is 0 Å². The summed E-state index contributed by atoms with van der Waals surface area (Å²) in [5.41, 5.74) is 0.834. The van der Waals surface area contributed by atoms with Gasteiger partial charge in [-0.3, -0.25) is 4.90 Å². The van der Waals surface area contributed by atoms with Crippen molar-refractivity contribution in [3.63, 3.8) is 0 Å². The Bertz CT molecular complexity index is 416. The van der Waals surface area contributed by atoms with Crippen LogP contribution in [0.1, 0.15) is 31.7 Å². The van der Waals surface area contributed by atoms with E-state index in [2.05, 4.69) is 47.5 Å². The van der Waals surface area contributed by atoms with Crippen molar-refractivity contribution in [3.8, 4) is 0 Å². The number of β-amino-alcohol motifs (C(OH)–C–C–N with tert-alkyl or cyclic N) is 1. The normalized spacial score (nSPS) is 30.8. The summed E-state index contributed by atoms with van der Waals surface area (Å²) in [4.78, 5) is 2.51. The minimum Gasteiger partial charge on any atom is -0.386 e. The highest BCUT2D eigenvalue weighted by molar-refractivity contribution is 5.16. The van der Waals surface area contributed by atoms with E-state index >= 15 is 0 Å². The van der Waals surface area contributed by atoms with Crippen LogP contribution in [0.3, 0.4) is 0 Å². The largest absolute Gasteiger partial charge is 0.386 e. The molecule has 2 aliphatic heterocycles. The van der Waals surface area contributed by atoms with Crippen LogP contribution in [0.25, 0.3) is 0 Å². The average molecular weight is 260 g/mol. The van der Waals surface area contributed by atoms with Gasteiger partial charge in [0.15, 0.2) is 0 Å². The molecule has 2 fully saturated rings. The van der Waals surface area contributed by atoms with Crippen LogP contribution in [0.4, 0.5) is 0 Å². The first kappa shape index (κ1) is 13.1. The van der Waals surface area contributed by atoms with Gasteiger partial charge in [0.25, 0.3) is 0 Å². The molecular formula is C16H24N2O. The predicted octanol–water partition coefficient (Wildman–Crippen LogP) is 1.76. The molecule has 0 aromatic heterocycles. The van der Waals surface area contributed by atoms with E-state index in [-0.39, 0.29) is 0 Å². The van der Waals surface area contributed by atoms with E-state index in [0.29, 0.717) is 12.1 Å². The van der Waals surface area contributed by atoms with Gasteiger partial charge >= 0.3 is 0 Å². The van der Waals surface area contributed by atoms with Crippen LogP contribution in [0, 0.1) is 0 Å². The van der Waals surface area contributed by atoms with E-state index in [1.54, 1.807) is 0 Å². The second-order valence-electron chi connectivity index (χ2n) is 6.16. The number of rotatable bonds is 3. The summed E-state index contributed by atoms with van der Waals surface area (Å²) < 4.78 is 0. The molecule has 0 bridgehead atoms. The van der Waals surface area contributed by atoms with Gasteiger partial charge in [-0.1, -0.05) is 36.8 Å². The quantitative estimate of drug-likeness (QED) is 0.869. The molecule has 3 heteroatoms. The van der Waals surface area contributed by atoms with Crippen molar-refractivity contribution in [2.45, 2.75) is 50.4 Å². The number of piperidine rings is 1. The highest BCUT2D eigenvalue weighted by Crippen LogP contribution is 2.33. The number of hydrogen-bond acceptors (Lipinski definition) is 3. The van der Waals surface area contributed by atoms with Gasteiger partial charge in [-0.05, 0) is 25.3 Å². The van der Waals surface area contributed by atoms with Crippen molar-refractivity contribution in [1.82, 2.24) is 10.2 Å². The summed E-state index contributed by atoms with van der Waals surface area (Å²) in [6.07, 6.45) is 3.60. The Balaban J connectivity index is 1.78. The van der Waals surface area contributed by atoms with Gasteiger partial charge in [0.2, 0.25) is 0 Å². The zero-order valence-corrected chi connectivity index (χ0v) is 11.7. The summed E-state index contributed by atoms with van der Waals surface area (Å²) in [5.74, 6) is 0. The molecular weight excluding hydrogens is 236 g/mol. The van der Waals surface area contributed by atoms with Crippen molar-refractivity contribution < 1.29 is 5.11 Å². The van der Waals surface area contributed by atoms with Gasteiger partial charge in [-0.15, -0.1) is 0 Å². The van der Waals surface area contributed by atoms with Crippen molar-refractivity contribution in [2.24, 2.45) is 0 Å². The van der Waals surface area contributed by atoms with E-state index in [4.69, 9.17) is 0 Å². The van der Waals surface area contributed by atoms with Crippen molar-refractivity contribution in [2.75, 3.05) is 13.1 Å². The van der Waals surface area contributed by atoms with Crippen LogP contribution in [-0.4, -0.2) is 40.8 Å². The lowest BCUT2D eigenvalue weighted by Crippen LogP contribution is -2.71. The monoisotopic (exact) mass is 260 g/mol. The molecule has 2 aliphatic rings. The third-order valence-corrected chi connectivity index (χ3v) is 4.76. The maximum absolute atomic E-state index is 10.7. The molecule has 1 aromatic rings. The molecule has 3 nitrogen and oxygen atoms in total. The Labute approximate surface area is 115 Å². The third kappa shape index (κ3) is 2.55. The number of aliphatic hydroxyl groups is 1. The minimum atomic E-state index is -0.510. The smallest absolute Gasteiger partial charge is 0.105 e. The molecule has 2 N–H and O–H groups in total. The summed E-state index contributed by atoms with van der Waals surface area (Å²) in [6.45, 7) is 4.74. The highest BCUT2D eigenvalue weighted by atomic mass is 16.3. The van der Waals surface area contributed by atoms with Gasteiger partial charge in [0, 0.05) is 31.7 Å². The lowest BCUT2D eigenvalue weighted by molar-refractivity contribution is -0.109. The number of nitrogens with zero attached hydrogens (tertiary/aromatic N) is 1. The van der Waals surface area contributed by atoms with Gasteiger partial charge < -0.3 is 10.4 Å². The topological polar surface area (TPSA) is 35.5 Å². The SMILES string of the molecule is C[C@H]1CCC[C@@H](C2(O)CNC2)N1Cc1ccccc1.